The van der Waals surface area contributed by atoms with Crippen LogP contribution in [0.15, 0.2) is 48.1 Å². The first-order chi connectivity index (χ1) is 10.6. The second-order valence-corrected chi connectivity index (χ2v) is 5.91. The topological polar surface area (TPSA) is 54.9 Å². The summed E-state index contributed by atoms with van der Waals surface area (Å²) in [5.74, 6) is -0.149. The molecule has 22 heavy (non-hydrogen) atoms. The average molecular weight is 309 g/mol. The molecule has 4 nitrogen and oxygen atoms in total. The number of hydrogen-bond acceptors (Lipinski definition) is 4. The number of carbonyl (C=O) groups is 1. The molecule has 2 aromatic heterocycles. The number of carbonyl (C=O) groups excluding carboxylic acids is 1. The summed E-state index contributed by atoms with van der Waals surface area (Å²) < 4.78 is 0. The third-order valence-electron chi connectivity index (χ3n) is 3.35. The molecule has 3 rings (SSSR count). The van der Waals surface area contributed by atoms with Gasteiger partial charge in [0.25, 0.3) is 5.91 Å². The fraction of sp³-hybridized carbons (Fsp3) is 0.118. The van der Waals surface area contributed by atoms with Crippen molar-refractivity contribution >= 4 is 22.4 Å². The smallest absolute Gasteiger partial charge is 0.257 e. The number of anilines is 1. The van der Waals surface area contributed by atoms with Gasteiger partial charge in [0.15, 0.2) is 5.13 Å². The summed E-state index contributed by atoms with van der Waals surface area (Å²) in [4.78, 5) is 20.8. The molecule has 0 aliphatic heterocycles. The molecule has 0 unspecified atom stereocenters. The van der Waals surface area contributed by atoms with Crippen molar-refractivity contribution in [1.82, 2.24) is 9.97 Å². The Balaban J connectivity index is 1.78. The van der Waals surface area contributed by atoms with Crippen LogP contribution >= 0.6 is 11.3 Å². The van der Waals surface area contributed by atoms with Gasteiger partial charge < -0.3 is 0 Å². The first-order valence-corrected chi connectivity index (χ1v) is 7.76. The molecular formula is C17H15N3OS. The summed E-state index contributed by atoms with van der Waals surface area (Å²) in [7, 11) is 0. The minimum atomic E-state index is -0.149. The summed E-state index contributed by atoms with van der Waals surface area (Å²) in [6.45, 7) is 4.01. The summed E-state index contributed by atoms with van der Waals surface area (Å²) in [6, 6.07) is 9.40. The Labute approximate surface area is 132 Å². The zero-order valence-electron chi connectivity index (χ0n) is 12.3. The van der Waals surface area contributed by atoms with E-state index in [1.54, 1.807) is 12.4 Å². The Bertz CT molecular complexity index is 809. The normalized spacial score (nSPS) is 10.5. The predicted molar refractivity (Wildman–Crippen MR) is 89.2 cm³/mol. The van der Waals surface area contributed by atoms with E-state index in [4.69, 9.17) is 0 Å². The van der Waals surface area contributed by atoms with Crippen molar-refractivity contribution in [3.8, 4) is 11.3 Å². The molecule has 0 bridgehead atoms. The van der Waals surface area contributed by atoms with Crippen molar-refractivity contribution in [2.45, 2.75) is 13.8 Å². The molecule has 0 aliphatic carbocycles. The molecule has 1 N–H and O–H groups in total. The highest BCUT2D eigenvalue weighted by Gasteiger charge is 2.11. The summed E-state index contributed by atoms with van der Waals surface area (Å²) in [5, 5.41) is 5.35. The molecule has 1 amide bonds. The maximum atomic E-state index is 12.2. The lowest BCUT2D eigenvalue weighted by molar-refractivity contribution is 0.102. The average Bonchev–Trinajstić information content (AvgIpc) is 2.96. The van der Waals surface area contributed by atoms with E-state index < -0.39 is 0 Å². The number of nitrogens with one attached hydrogen (secondary N) is 1. The first-order valence-electron chi connectivity index (χ1n) is 6.88. The zero-order valence-corrected chi connectivity index (χ0v) is 13.1. The van der Waals surface area contributed by atoms with Crippen LogP contribution in [0.5, 0.6) is 0 Å². The van der Waals surface area contributed by atoms with Crippen LogP contribution in [0.3, 0.4) is 0 Å². The van der Waals surface area contributed by atoms with Crippen LogP contribution in [-0.2, 0) is 0 Å². The lowest BCUT2D eigenvalue weighted by Crippen LogP contribution is -2.11. The Kier molecular flexibility index (Phi) is 3.98. The highest BCUT2D eigenvalue weighted by molar-refractivity contribution is 7.14. The standard InChI is InChI=1S/C17H15N3OS/c1-11-3-5-13(6-4-11)16(21)20-17-19-15(10-22-17)14-9-18-8-7-12(14)2/h3-10H,1-2H3,(H,19,20,21). The van der Waals surface area contributed by atoms with E-state index in [-0.39, 0.29) is 5.91 Å². The van der Waals surface area contributed by atoms with Crippen molar-refractivity contribution in [3.05, 3.63) is 64.8 Å². The number of pyridine rings is 1. The third kappa shape index (κ3) is 3.04. The largest absolute Gasteiger partial charge is 0.298 e. The molecule has 0 fully saturated rings. The van der Waals surface area contributed by atoms with E-state index in [1.165, 1.54) is 11.3 Å². The Hall–Kier alpha value is -2.53. The molecular weight excluding hydrogens is 294 g/mol. The number of aryl methyl sites for hydroxylation is 2. The molecule has 1 aromatic carbocycles. The maximum Gasteiger partial charge on any atom is 0.257 e. The predicted octanol–water partition coefficient (Wildman–Crippen LogP) is 4.07. The minimum Gasteiger partial charge on any atom is -0.298 e. The van der Waals surface area contributed by atoms with Gasteiger partial charge in [-0.15, -0.1) is 11.3 Å². The molecule has 0 atom stereocenters. The number of benzene rings is 1. The van der Waals surface area contributed by atoms with E-state index in [9.17, 15) is 4.79 Å². The molecule has 0 radical (unpaired) electrons. The summed E-state index contributed by atoms with van der Waals surface area (Å²) in [6.07, 6.45) is 3.54. The van der Waals surface area contributed by atoms with Gasteiger partial charge in [-0.2, -0.15) is 0 Å². The van der Waals surface area contributed by atoms with Gasteiger partial charge >= 0.3 is 0 Å². The summed E-state index contributed by atoms with van der Waals surface area (Å²) in [5.41, 5.74) is 4.67. The van der Waals surface area contributed by atoms with E-state index >= 15 is 0 Å². The van der Waals surface area contributed by atoms with Crippen LogP contribution in [0.4, 0.5) is 5.13 Å². The number of hydrogen-bond donors (Lipinski definition) is 1. The SMILES string of the molecule is Cc1ccc(C(=O)Nc2nc(-c3cnccc3C)cs2)cc1. The number of nitrogens with zero attached hydrogens (tertiary/aromatic N) is 2. The van der Waals surface area contributed by atoms with Crippen LogP contribution in [0.25, 0.3) is 11.3 Å². The van der Waals surface area contributed by atoms with Gasteiger partial charge in [-0.3, -0.25) is 15.1 Å². The second kappa shape index (κ2) is 6.07. The fourth-order valence-corrected chi connectivity index (χ4v) is 2.77. The lowest BCUT2D eigenvalue weighted by Gasteiger charge is -2.02. The fourth-order valence-electron chi connectivity index (χ4n) is 2.06. The quantitative estimate of drug-likeness (QED) is 0.793. The van der Waals surface area contributed by atoms with Crippen LogP contribution in [-0.4, -0.2) is 15.9 Å². The Morgan fingerprint density at radius 1 is 1.14 bits per heavy atom. The summed E-state index contributed by atoms with van der Waals surface area (Å²) >= 11 is 1.41. The first kappa shape index (κ1) is 14.4. The Morgan fingerprint density at radius 2 is 1.91 bits per heavy atom. The number of aromatic nitrogens is 2. The molecule has 2 heterocycles. The maximum absolute atomic E-state index is 12.2. The lowest BCUT2D eigenvalue weighted by atomic mass is 10.1. The van der Waals surface area contributed by atoms with E-state index in [1.807, 2.05) is 49.6 Å². The van der Waals surface area contributed by atoms with E-state index in [2.05, 4.69) is 15.3 Å². The molecule has 0 saturated heterocycles. The number of thiazole rings is 1. The van der Waals surface area contributed by atoms with Gasteiger partial charge in [-0.1, -0.05) is 17.7 Å². The van der Waals surface area contributed by atoms with E-state index in [0.29, 0.717) is 10.7 Å². The monoisotopic (exact) mass is 309 g/mol. The Morgan fingerprint density at radius 3 is 2.64 bits per heavy atom. The van der Waals surface area contributed by atoms with Gasteiger partial charge in [0.05, 0.1) is 5.69 Å². The van der Waals surface area contributed by atoms with Crippen LogP contribution in [0, 0.1) is 13.8 Å². The van der Waals surface area contributed by atoms with Gasteiger partial charge in [0, 0.05) is 28.9 Å². The van der Waals surface area contributed by atoms with Gasteiger partial charge in [0.2, 0.25) is 0 Å². The molecule has 5 heteroatoms. The van der Waals surface area contributed by atoms with Crippen LogP contribution in [0.2, 0.25) is 0 Å². The molecule has 0 saturated carbocycles. The van der Waals surface area contributed by atoms with Crippen molar-refractivity contribution in [1.29, 1.82) is 0 Å². The molecule has 0 spiro atoms. The zero-order chi connectivity index (χ0) is 15.5. The molecule has 110 valence electrons. The van der Waals surface area contributed by atoms with Crippen molar-refractivity contribution in [3.63, 3.8) is 0 Å². The molecule has 3 aromatic rings. The van der Waals surface area contributed by atoms with Crippen LogP contribution in [0.1, 0.15) is 21.5 Å². The van der Waals surface area contributed by atoms with Crippen molar-refractivity contribution in [2.75, 3.05) is 5.32 Å². The van der Waals surface area contributed by atoms with Crippen molar-refractivity contribution in [2.24, 2.45) is 0 Å². The number of amides is 1. The van der Waals surface area contributed by atoms with Gasteiger partial charge in [-0.05, 0) is 37.6 Å². The highest BCUT2D eigenvalue weighted by atomic mass is 32.1. The molecule has 0 aliphatic rings. The van der Waals surface area contributed by atoms with Crippen LogP contribution < -0.4 is 5.32 Å². The highest BCUT2D eigenvalue weighted by Crippen LogP contribution is 2.26. The van der Waals surface area contributed by atoms with Crippen molar-refractivity contribution < 1.29 is 4.79 Å². The van der Waals surface area contributed by atoms with Gasteiger partial charge in [0.1, 0.15) is 0 Å². The van der Waals surface area contributed by atoms with E-state index in [0.717, 1.165) is 22.4 Å². The van der Waals surface area contributed by atoms with Gasteiger partial charge in [-0.25, -0.2) is 4.98 Å². The third-order valence-corrected chi connectivity index (χ3v) is 4.11. The minimum absolute atomic E-state index is 0.149. The number of rotatable bonds is 3. The second-order valence-electron chi connectivity index (χ2n) is 5.05.